The van der Waals surface area contributed by atoms with Crippen molar-refractivity contribution in [3.63, 3.8) is 0 Å². The maximum Gasteiger partial charge on any atom is 0.131 e. The predicted octanol–water partition coefficient (Wildman–Crippen LogP) is 4.06. The summed E-state index contributed by atoms with van der Waals surface area (Å²) in [6, 6.07) is 11.8. The van der Waals surface area contributed by atoms with Gasteiger partial charge in [-0.05, 0) is 28.2 Å². The number of rotatable bonds is 3. The molecule has 0 aliphatic heterocycles. The SMILES string of the molecule is CC(C)(C)C(O)c1cc(CO)ccc1-c1ccccc1F. The first-order valence-corrected chi connectivity index (χ1v) is 7.01. The Labute approximate surface area is 124 Å². The highest BCUT2D eigenvalue weighted by molar-refractivity contribution is 5.69. The van der Waals surface area contributed by atoms with E-state index in [1.54, 1.807) is 36.4 Å². The minimum Gasteiger partial charge on any atom is -0.392 e. The fourth-order valence-corrected chi connectivity index (χ4v) is 2.33. The lowest BCUT2D eigenvalue weighted by Gasteiger charge is -2.28. The van der Waals surface area contributed by atoms with Crippen molar-refractivity contribution in [1.82, 2.24) is 0 Å². The zero-order valence-corrected chi connectivity index (χ0v) is 12.6. The summed E-state index contributed by atoms with van der Waals surface area (Å²) in [6.07, 6.45) is -0.751. The van der Waals surface area contributed by atoms with Crippen molar-refractivity contribution in [1.29, 1.82) is 0 Å². The van der Waals surface area contributed by atoms with Gasteiger partial charge in [0.15, 0.2) is 0 Å². The third-order valence-corrected chi connectivity index (χ3v) is 3.58. The lowest BCUT2D eigenvalue weighted by Crippen LogP contribution is -2.19. The average Bonchev–Trinajstić information content (AvgIpc) is 2.45. The van der Waals surface area contributed by atoms with Gasteiger partial charge in [0.05, 0.1) is 12.7 Å². The lowest BCUT2D eigenvalue weighted by atomic mass is 9.81. The van der Waals surface area contributed by atoms with Crippen LogP contribution in [0.5, 0.6) is 0 Å². The standard InChI is InChI=1S/C18H21FO2/c1-18(2,3)17(21)15-10-12(11-20)8-9-13(15)14-6-4-5-7-16(14)19/h4-10,17,20-21H,11H2,1-3H3. The molecule has 2 N–H and O–H groups in total. The van der Waals surface area contributed by atoms with Crippen LogP contribution in [-0.4, -0.2) is 10.2 Å². The van der Waals surface area contributed by atoms with Crippen LogP contribution in [0.3, 0.4) is 0 Å². The Hall–Kier alpha value is -1.71. The molecule has 2 rings (SSSR count). The first-order valence-electron chi connectivity index (χ1n) is 7.01. The molecule has 1 atom stereocenters. The van der Waals surface area contributed by atoms with Crippen molar-refractivity contribution >= 4 is 0 Å². The Morgan fingerprint density at radius 3 is 2.29 bits per heavy atom. The molecule has 0 saturated heterocycles. The molecule has 2 aromatic carbocycles. The normalized spacial score (nSPS) is 13.2. The van der Waals surface area contributed by atoms with Gasteiger partial charge in [-0.15, -0.1) is 0 Å². The van der Waals surface area contributed by atoms with Crippen molar-refractivity contribution in [2.75, 3.05) is 0 Å². The third-order valence-electron chi connectivity index (χ3n) is 3.58. The fourth-order valence-electron chi connectivity index (χ4n) is 2.33. The highest BCUT2D eigenvalue weighted by Gasteiger charge is 2.27. The van der Waals surface area contributed by atoms with Crippen molar-refractivity contribution < 1.29 is 14.6 Å². The minimum atomic E-state index is -0.751. The number of hydrogen-bond donors (Lipinski definition) is 2. The molecule has 0 aliphatic rings. The number of hydrogen-bond acceptors (Lipinski definition) is 2. The lowest BCUT2D eigenvalue weighted by molar-refractivity contribution is 0.0630. The Balaban J connectivity index is 2.64. The second kappa shape index (κ2) is 5.96. The summed E-state index contributed by atoms with van der Waals surface area (Å²) in [4.78, 5) is 0. The molecular weight excluding hydrogens is 267 g/mol. The third kappa shape index (κ3) is 3.31. The van der Waals surface area contributed by atoms with Gasteiger partial charge in [-0.3, -0.25) is 0 Å². The van der Waals surface area contributed by atoms with E-state index in [4.69, 9.17) is 0 Å². The summed E-state index contributed by atoms with van der Waals surface area (Å²) in [5, 5.41) is 19.9. The van der Waals surface area contributed by atoms with Gasteiger partial charge in [0.1, 0.15) is 5.82 Å². The smallest absolute Gasteiger partial charge is 0.131 e. The molecule has 3 heteroatoms. The number of halogens is 1. The molecule has 1 unspecified atom stereocenters. The van der Waals surface area contributed by atoms with Crippen LogP contribution in [0.15, 0.2) is 42.5 Å². The van der Waals surface area contributed by atoms with Crippen molar-refractivity contribution in [3.05, 3.63) is 59.4 Å². The van der Waals surface area contributed by atoms with E-state index in [2.05, 4.69) is 0 Å². The van der Waals surface area contributed by atoms with Crippen LogP contribution in [0, 0.1) is 11.2 Å². The van der Waals surface area contributed by atoms with Crippen LogP contribution in [0.2, 0.25) is 0 Å². The fraction of sp³-hybridized carbons (Fsp3) is 0.333. The maximum atomic E-state index is 14.1. The van der Waals surface area contributed by atoms with Crippen molar-refractivity contribution in [3.8, 4) is 11.1 Å². The molecular formula is C18H21FO2. The molecule has 0 amide bonds. The summed E-state index contributed by atoms with van der Waals surface area (Å²) in [5.74, 6) is -0.323. The Kier molecular flexibility index (Phi) is 4.45. The molecule has 0 aromatic heterocycles. The molecule has 21 heavy (non-hydrogen) atoms. The van der Waals surface area contributed by atoms with Gasteiger partial charge in [-0.1, -0.05) is 57.2 Å². The quantitative estimate of drug-likeness (QED) is 0.894. The predicted molar refractivity (Wildman–Crippen MR) is 82.2 cm³/mol. The second-order valence-electron chi connectivity index (χ2n) is 6.33. The maximum absolute atomic E-state index is 14.1. The highest BCUT2D eigenvalue weighted by atomic mass is 19.1. The van der Waals surface area contributed by atoms with Gasteiger partial charge < -0.3 is 10.2 Å². The molecule has 0 heterocycles. The molecule has 2 nitrogen and oxygen atoms in total. The summed E-state index contributed by atoms with van der Waals surface area (Å²) >= 11 is 0. The van der Waals surface area contributed by atoms with E-state index >= 15 is 0 Å². The van der Waals surface area contributed by atoms with Gasteiger partial charge in [0, 0.05) is 5.56 Å². The summed E-state index contributed by atoms with van der Waals surface area (Å²) < 4.78 is 14.1. The topological polar surface area (TPSA) is 40.5 Å². The van der Waals surface area contributed by atoms with Gasteiger partial charge >= 0.3 is 0 Å². The molecule has 2 aromatic rings. The van der Waals surface area contributed by atoms with Crippen molar-refractivity contribution in [2.24, 2.45) is 5.41 Å². The molecule has 112 valence electrons. The number of aliphatic hydroxyl groups is 2. The van der Waals surface area contributed by atoms with E-state index < -0.39 is 6.10 Å². The molecule has 0 saturated carbocycles. The molecule has 0 bridgehead atoms. The van der Waals surface area contributed by atoms with E-state index in [0.717, 1.165) is 0 Å². The van der Waals surface area contributed by atoms with E-state index in [0.29, 0.717) is 22.3 Å². The van der Waals surface area contributed by atoms with E-state index in [1.165, 1.54) is 6.07 Å². The largest absolute Gasteiger partial charge is 0.392 e. The first-order chi connectivity index (χ1) is 9.84. The van der Waals surface area contributed by atoms with E-state index in [1.807, 2.05) is 20.8 Å². The summed E-state index contributed by atoms with van der Waals surface area (Å²) in [5.41, 5.74) is 2.08. The summed E-state index contributed by atoms with van der Waals surface area (Å²) in [7, 11) is 0. The second-order valence-corrected chi connectivity index (χ2v) is 6.33. The molecule has 0 spiro atoms. The van der Waals surface area contributed by atoms with Crippen LogP contribution >= 0.6 is 0 Å². The number of aliphatic hydroxyl groups excluding tert-OH is 2. The Morgan fingerprint density at radius 2 is 1.71 bits per heavy atom. The zero-order chi connectivity index (χ0) is 15.6. The number of benzene rings is 2. The van der Waals surface area contributed by atoms with Crippen LogP contribution < -0.4 is 0 Å². The zero-order valence-electron chi connectivity index (χ0n) is 12.6. The van der Waals surface area contributed by atoms with Crippen molar-refractivity contribution in [2.45, 2.75) is 33.5 Å². The molecule has 0 aliphatic carbocycles. The highest BCUT2D eigenvalue weighted by Crippen LogP contribution is 2.39. The van der Waals surface area contributed by atoms with E-state index in [9.17, 15) is 14.6 Å². The Morgan fingerprint density at radius 1 is 1.05 bits per heavy atom. The van der Waals surface area contributed by atoms with Gasteiger partial charge in [-0.2, -0.15) is 0 Å². The van der Waals surface area contributed by atoms with Crippen LogP contribution in [0.25, 0.3) is 11.1 Å². The van der Waals surface area contributed by atoms with Gasteiger partial charge in [0.25, 0.3) is 0 Å². The Bertz CT molecular complexity index is 629. The van der Waals surface area contributed by atoms with Crippen LogP contribution in [-0.2, 0) is 6.61 Å². The van der Waals surface area contributed by atoms with Gasteiger partial charge in [0.2, 0.25) is 0 Å². The van der Waals surface area contributed by atoms with Crippen LogP contribution in [0.4, 0.5) is 4.39 Å². The first kappa shape index (κ1) is 15.7. The monoisotopic (exact) mass is 288 g/mol. The average molecular weight is 288 g/mol. The van der Waals surface area contributed by atoms with E-state index in [-0.39, 0.29) is 17.8 Å². The minimum absolute atomic E-state index is 0.110. The molecule has 0 radical (unpaired) electrons. The summed E-state index contributed by atoms with van der Waals surface area (Å²) in [6.45, 7) is 5.67. The van der Waals surface area contributed by atoms with Crippen LogP contribution in [0.1, 0.15) is 38.0 Å². The molecule has 0 fully saturated rings. The van der Waals surface area contributed by atoms with Gasteiger partial charge in [-0.25, -0.2) is 4.39 Å².